The van der Waals surface area contributed by atoms with E-state index < -0.39 is 6.03 Å². The highest BCUT2D eigenvalue weighted by Crippen LogP contribution is 2.18. The second kappa shape index (κ2) is 7.50. The summed E-state index contributed by atoms with van der Waals surface area (Å²) in [6.45, 7) is 2.00. The van der Waals surface area contributed by atoms with E-state index in [-0.39, 0.29) is 11.7 Å². The number of thioether (sulfide) groups is 1. The van der Waals surface area contributed by atoms with E-state index in [1.807, 2.05) is 49.4 Å². The smallest absolute Gasteiger partial charge is 0.308 e. The molecule has 0 saturated heterocycles. The van der Waals surface area contributed by atoms with Gasteiger partial charge in [-0.1, -0.05) is 35.9 Å². The minimum Gasteiger partial charge on any atom is -0.308 e. The Bertz CT molecular complexity index is 629. The van der Waals surface area contributed by atoms with Crippen LogP contribution in [0.25, 0.3) is 0 Å². The molecule has 0 bridgehead atoms. The first kappa shape index (κ1) is 15.1. The number of imide groups is 1. The SMILES string of the molecule is Cc1cccc(SCC(=O)NC(=O)Nc2ccccc2)c1. The van der Waals surface area contributed by atoms with Gasteiger partial charge in [0.1, 0.15) is 0 Å². The molecule has 2 N–H and O–H groups in total. The maximum Gasteiger partial charge on any atom is 0.325 e. The summed E-state index contributed by atoms with van der Waals surface area (Å²) in [5.74, 6) is -0.124. The fourth-order valence-electron chi connectivity index (χ4n) is 1.70. The van der Waals surface area contributed by atoms with E-state index in [9.17, 15) is 9.59 Å². The van der Waals surface area contributed by atoms with Gasteiger partial charge in [0, 0.05) is 10.6 Å². The monoisotopic (exact) mass is 300 g/mol. The maximum atomic E-state index is 11.7. The topological polar surface area (TPSA) is 58.2 Å². The number of hydrogen-bond donors (Lipinski definition) is 2. The quantitative estimate of drug-likeness (QED) is 0.850. The molecule has 0 aliphatic rings. The third-order valence-electron chi connectivity index (χ3n) is 2.64. The first-order valence-electron chi connectivity index (χ1n) is 6.49. The molecule has 0 heterocycles. The number of hydrogen-bond acceptors (Lipinski definition) is 3. The highest BCUT2D eigenvalue weighted by atomic mass is 32.2. The van der Waals surface area contributed by atoms with Gasteiger partial charge in [-0.25, -0.2) is 4.79 Å². The van der Waals surface area contributed by atoms with E-state index in [0.29, 0.717) is 5.69 Å². The summed E-state index contributed by atoms with van der Waals surface area (Å²) >= 11 is 1.40. The molecule has 3 amide bonds. The number of benzene rings is 2. The van der Waals surface area contributed by atoms with Crippen LogP contribution in [0, 0.1) is 6.92 Å². The molecule has 0 spiro atoms. The molecule has 2 aromatic rings. The summed E-state index contributed by atoms with van der Waals surface area (Å²) in [6, 6.07) is 16.3. The molecule has 21 heavy (non-hydrogen) atoms. The molecule has 0 fully saturated rings. The lowest BCUT2D eigenvalue weighted by Crippen LogP contribution is -2.35. The van der Waals surface area contributed by atoms with E-state index in [4.69, 9.17) is 0 Å². The van der Waals surface area contributed by atoms with E-state index in [2.05, 4.69) is 10.6 Å². The Morgan fingerprint density at radius 1 is 1.05 bits per heavy atom. The van der Waals surface area contributed by atoms with Crippen molar-refractivity contribution in [3.8, 4) is 0 Å². The van der Waals surface area contributed by atoms with Gasteiger partial charge < -0.3 is 5.32 Å². The number of urea groups is 1. The van der Waals surface area contributed by atoms with E-state index in [1.54, 1.807) is 12.1 Å². The van der Waals surface area contributed by atoms with Gasteiger partial charge in [-0.05, 0) is 31.2 Å². The number of carbonyl (C=O) groups is 2. The third kappa shape index (κ3) is 5.31. The molecule has 4 nitrogen and oxygen atoms in total. The van der Waals surface area contributed by atoms with E-state index in [1.165, 1.54) is 11.8 Å². The lowest BCUT2D eigenvalue weighted by molar-refractivity contribution is -0.117. The average molecular weight is 300 g/mol. The van der Waals surface area contributed by atoms with Gasteiger partial charge in [-0.2, -0.15) is 0 Å². The van der Waals surface area contributed by atoms with Crippen molar-refractivity contribution in [3.05, 3.63) is 60.2 Å². The Labute approximate surface area is 127 Å². The van der Waals surface area contributed by atoms with E-state index >= 15 is 0 Å². The molecule has 0 aliphatic heterocycles. The van der Waals surface area contributed by atoms with Crippen molar-refractivity contribution in [2.45, 2.75) is 11.8 Å². The van der Waals surface area contributed by atoms with Crippen LogP contribution in [0.15, 0.2) is 59.5 Å². The number of rotatable bonds is 4. The molecule has 0 aromatic heterocycles. The summed E-state index contributed by atoms with van der Waals surface area (Å²) < 4.78 is 0. The highest BCUT2D eigenvalue weighted by Gasteiger charge is 2.08. The maximum absolute atomic E-state index is 11.7. The zero-order valence-corrected chi connectivity index (χ0v) is 12.4. The molecule has 0 unspecified atom stereocenters. The summed E-state index contributed by atoms with van der Waals surface area (Å²) in [5, 5.41) is 4.90. The normalized spacial score (nSPS) is 9.95. The van der Waals surface area contributed by atoms with Crippen molar-refractivity contribution in [2.24, 2.45) is 0 Å². The Hall–Kier alpha value is -2.27. The van der Waals surface area contributed by atoms with Crippen molar-refractivity contribution >= 4 is 29.4 Å². The van der Waals surface area contributed by atoms with Gasteiger partial charge in [0.05, 0.1) is 5.75 Å². The second-order valence-corrected chi connectivity index (χ2v) is 5.52. The molecule has 0 radical (unpaired) electrons. The summed E-state index contributed by atoms with van der Waals surface area (Å²) in [6.07, 6.45) is 0. The van der Waals surface area contributed by atoms with Crippen LogP contribution >= 0.6 is 11.8 Å². The van der Waals surface area contributed by atoms with E-state index in [0.717, 1.165) is 10.5 Å². The first-order valence-corrected chi connectivity index (χ1v) is 7.47. The first-order chi connectivity index (χ1) is 10.1. The fourth-order valence-corrected chi connectivity index (χ4v) is 2.51. The Balaban J connectivity index is 1.78. The lowest BCUT2D eigenvalue weighted by atomic mass is 10.2. The molecule has 108 valence electrons. The van der Waals surface area contributed by atoms with Crippen molar-refractivity contribution in [2.75, 3.05) is 11.1 Å². The van der Waals surface area contributed by atoms with Gasteiger partial charge in [0.2, 0.25) is 5.91 Å². The Kier molecular flexibility index (Phi) is 5.40. The third-order valence-corrected chi connectivity index (χ3v) is 3.64. The number of anilines is 1. The molecule has 0 aliphatic carbocycles. The molecule has 0 saturated carbocycles. The zero-order chi connectivity index (χ0) is 15.1. The lowest BCUT2D eigenvalue weighted by Gasteiger charge is -2.06. The number of carbonyl (C=O) groups excluding carboxylic acids is 2. The average Bonchev–Trinajstić information content (AvgIpc) is 2.46. The van der Waals surface area contributed by atoms with Crippen LogP contribution in [-0.4, -0.2) is 17.7 Å². The molecular formula is C16H16N2O2S. The second-order valence-electron chi connectivity index (χ2n) is 4.47. The molecule has 2 aromatic carbocycles. The van der Waals surface area contributed by atoms with Crippen LogP contribution in [0.5, 0.6) is 0 Å². The van der Waals surface area contributed by atoms with Gasteiger partial charge in [0.15, 0.2) is 0 Å². The minimum atomic E-state index is -0.518. The van der Waals surface area contributed by atoms with Crippen molar-refractivity contribution in [1.29, 1.82) is 0 Å². The van der Waals surface area contributed by atoms with Gasteiger partial charge in [-0.3, -0.25) is 10.1 Å². The predicted molar refractivity (Wildman–Crippen MR) is 85.5 cm³/mol. The van der Waals surface area contributed by atoms with Crippen molar-refractivity contribution in [3.63, 3.8) is 0 Å². The largest absolute Gasteiger partial charge is 0.325 e. The highest BCUT2D eigenvalue weighted by molar-refractivity contribution is 8.00. The number of nitrogens with one attached hydrogen (secondary N) is 2. The summed E-state index contributed by atoms with van der Waals surface area (Å²) in [5.41, 5.74) is 1.79. The Morgan fingerprint density at radius 3 is 2.52 bits per heavy atom. The molecule has 0 atom stereocenters. The standard InChI is InChI=1S/C16H16N2O2S/c1-12-6-5-9-14(10-12)21-11-15(19)18-16(20)17-13-7-3-2-4-8-13/h2-10H,11H2,1H3,(H2,17,18,19,20). The van der Waals surface area contributed by atoms with Crippen LogP contribution in [-0.2, 0) is 4.79 Å². The number of aryl methyl sites for hydroxylation is 1. The Morgan fingerprint density at radius 2 is 1.81 bits per heavy atom. The van der Waals surface area contributed by atoms with Crippen LogP contribution in [0.2, 0.25) is 0 Å². The van der Waals surface area contributed by atoms with Crippen LogP contribution in [0.3, 0.4) is 0 Å². The van der Waals surface area contributed by atoms with Gasteiger partial charge in [-0.15, -0.1) is 11.8 Å². The molecule has 5 heteroatoms. The minimum absolute atomic E-state index is 0.200. The van der Waals surface area contributed by atoms with Crippen LogP contribution in [0.1, 0.15) is 5.56 Å². The van der Waals surface area contributed by atoms with Crippen molar-refractivity contribution < 1.29 is 9.59 Å². The summed E-state index contributed by atoms with van der Waals surface area (Å²) in [4.78, 5) is 24.4. The van der Waals surface area contributed by atoms with Crippen LogP contribution < -0.4 is 10.6 Å². The molecular weight excluding hydrogens is 284 g/mol. The predicted octanol–water partition coefficient (Wildman–Crippen LogP) is 3.44. The fraction of sp³-hybridized carbons (Fsp3) is 0.125. The summed E-state index contributed by atoms with van der Waals surface area (Å²) in [7, 11) is 0. The van der Waals surface area contributed by atoms with Crippen LogP contribution in [0.4, 0.5) is 10.5 Å². The van der Waals surface area contributed by atoms with Gasteiger partial charge >= 0.3 is 6.03 Å². The zero-order valence-electron chi connectivity index (χ0n) is 11.6. The number of amides is 3. The number of para-hydroxylation sites is 1. The van der Waals surface area contributed by atoms with Gasteiger partial charge in [0.25, 0.3) is 0 Å². The molecule has 2 rings (SSSR count). The van der Waals surface area contributed by atoms with Crippen molar-refractivity contribution in [1.82, 2.24) is 5.32 Å².